The number of aliphatic hydroxyl groups is 1. The van der Waals surface area contributed by atoms with Crippen molar-refractivity contribution in [2.45, 2.75) is 55.5 Å². The fraction of sp³-hybridized carbons (Fsp3) is 0.517. The molecule has 3 unspecified atom stereocenters. The molecule has 6 heteroatoms. The van der Waals surface area contributed by atoms with Crippen molar-refractivity contribution in [2.24, 2.45) is 0 Å². The predicted octanol–water partition coefficient (Wildman–Crippen LogP) is 3.18. The van der Waals surface area contributed by atoms with Gasteiger partial charge in [0.2, 0.25) is 0 Å². The van der Waals surface area contributed by atoms with Crippen LogP contribution in [0.4, 0.5) is 5.69 Å². The predicted molar refractivity (Wildman–Crippen MR) is 136 cm³/mol. The third kappa shape index (κ3) is 3.41. The van der Waals surface area contributed by atoms with Crippen molar-refractivity contribution < 1.29 is 14.6 Å². The monoisotopic (exact) mass is 473 g/mol. The van der Waals surface area contributed by atoms with Gasteiger partial charge in [-0.15, -0.1) is 0 Å². The smallest absolute Gasteiger partial charge is 0.166 e. The lowest BCUT2D eigenvalue weighted by Gasteiger charge is -2.37. The van der Waals surface area contributed by atoms with Gasteiger partial charge in [-0.2, -0.15) is 0 Å². The minimum atomic E-state index is -0.435. The maximum atomic E-state index is 10.3. The first-order valence-electron chi connectivity index (χ1n) is 13.2. The third-order valence-electron chi connectivity index (χ3n) is 9.18. The molecule has 1 N–H and O–H groups in total. The Kier molecular flexibility index (Phi) is 5.12. The first-order valence-corrected chi connectivity index (χ1v) is 13.2. The van der Waals surface area contributed by atoms with Gasteiger partial charge in [-0.1, -0.05) is 36.4 Å². The van der Waals surface area contributed by atoms with Crippen LogP contribution in [-0.4, -0.2) is 79.0 Å². The van der Waals surface area contributed by atoms with Crippen molar-refractivity contribution in [1.29, 1.82) is 0 Å². The second-order valence-electron chi connectivity index (χ2n) is 11.0. The van der Waals surface area contributed by atoms with E-state index in [1.165, 1.54) is 29.8 Å². The summed E-state index contributed by atoms with van der Waals surface area (Å²) in [5.74, 6) is 1.71. The zero-order valence-corrected chi connectivity index (χ0v) is 20.5. The Morgan fingerprint density at radius 1 is 1.06 bits per heavy atom. The lowest BCUT2D eigenvalue weighted by molar-refractivity contribution is 0.0801. The van der Waals surface area contributed by atoms with Crippen LogP contribution in [0.1, 0.15) is 30.4 Å². The number of rotatable bonds is 5. The van der Waals surface area contributed by atoms with E-state index in [0.29, 0.717) is 18.5 Å². The molecule has 0 saturated carbocycles. The highest BCUT2D eigenvalue weighted by Crippen LogP contribution is 2.55. The number of hydrogen-bond donors (Lipinski definition) is 1. The molecule has 5 atom stereocenters. The number of methoxy groups -OCH3 is 1. The SMILES string of the molecule is COc1ccc2c3c1O[C@@H]1C[C@H](O)C=CC31CCN(CCN1CC3CC1CN3c1ccccc1)C2. The molecule has 4 heterocycles. The number of benzene rings is 2. The summed E-state index contributed by atoms with van der Waals surface area (Å²) < 4.78 is 12.1. The number of para-hydroxylation sites is 1. The molecule has 4 aliphatic heterocycles. The van der Waals surface area contributed by atoms with E-state index in [2.05, 4.69) is 63.2 Å². The number of piperazine rings is 1. The summed E-state index contributed by atoms with van der Waals surface area (Å²) in [5, 5.41) is 10.3. The average molecular weight is 474 g/mol. The van der Waals surface area contributed by atoms with E-state index in [0.717, 1.165) is 50.6 Å². The van der Waals surface area contributed by atoms with Crippen LogP contribution in [0.15, 0.2) is 54.6 Å². The van der Waals surface area contributed by atoms with E-state index in [-0.39, 0.29) is 11.5 Å². The Morgan fingerprint density at radius 2 is 1.94 bits per heavy atom. The number of ether oxygens (including phenoxy) is 2. The van der Waals surface area contributed by atoms with Crippen LogP contribution >= 0.6 is 0 Å². The van der Waals surface area contributed by atoms with Gasteiger partial charge in [0, 0.05) is 62.5 Å². The fourth-order valence-electron chi connectivity index (χ4n) is 7.41. The van der Waals surface area contributed by atoms with Crippen molar-refractivity contribution >= 4 is 5.69 Å². The number of anilines is 1. The van der Waals surface area contributed by atoms with Crippen LogP contribution in [0.3, 0.4) is 0 Å². The highest BCUT2D eigenvalue weighted by molar-refractivity contribution is 5.61. The van der Waals surface area contributed by atoms with E-state index in [1.54, 1.807) is 7.11 Å². The number of aliphatic hydroxyl groups excluding tert-OH is 1. The van der Waals surface area contributed by atoms with Crippen molar-refractivity contribution in [2.75, 3.05) is 44.7 Å². The summed E-state index contributed by atoms with van der Waals surface area (Å²) in [6.45, 7) is 6.52. The third-order valence-corrected chi connectivity index (χ3v) is 9.18. The summed E-state index contributed by atoms with van der Waals surface area (Å²) in [6.07, 6.45) is 6.70. The van der Waals surface area contributed by atoms with Crippen LogP contribution < -0.4 is 14.4 Å². The molecule has 2 saturated heterocycles. The van der Waals surface area contributed by atoms with Gasteiger partial charge >= 0.3 is 0 Å². The van der Waals surface area contributed by atoms with E-state index < -0.39 is 6.10 Å². The maximum absolute atomic E-state index is 10.3. The molecule has 35 heavy (non-hydrogen) atoms. The van der Waals surface area contributed by atoms with E-state index >= 15 is 0 Å². The molecule has 0 radical (unpaired) electrons. The highest BCUT2D eigenvalue weighted by Gasteiger charge is 2.53. The zero-order chi connectivity index (χ0) is 23.6. The molecular formula is C29H35N3O3. The minimum Gasteiger partial charge on any atom is -0.493 e. The fourth-order valence-corrected chi connectivity index (χ4v) is 7.41. The summed E-state index contributed by atoms with van der Waals surface area (Å²) in [7, 11) is 1.71. The molecule has 0 aromatic heterocycles. The Morgan fingerprint density at radius 3 is 2.74 bits per heavy atom. The quantitative estimate of drug-likeness (QED) is 0.674. The Balaban J connectivity index is 1.07. The molecule has 2 bridgehead atoms. The second kappa shape index (κ2) is 8.26. The van der Waals surface area contributed by atoms with Crippen molar-refractivity contribution in [3.8, 4) is 11.5 Å². The van der Waals surface area contributed by atoms with Crippen molar-refractivity contribution in [1.82, 2.24) is 9.80 Å². The molecule has 7 rings (SSSR count). The summed E-state index contributed by atoms with van der Waals surface area (Å²) in [5.41, 5.74) is 3.86. The lowest BCUT2D eigenvalue weighted by atomic mass is 9.69. The lowest BCUT2D eigenvalue weighted by Crippen LogP contribution is -2.48. The largest absolute Gasteiger partial charge is 0.493 e. The summed E-state index contributed by atoms with van der Waals surface area (Å²) in [4.78, 5) is 7.96. The standard InChI is InChI=1S/C29H35N3O3/c1-34-25-8-7-20-17-30(12-11-29-10-9-24(33)16-26(29)35-28(25)27(20)29)13-14-31-18-23-15-22(31)19-32(23)21-5-3-2-4-6-21/h2-10,22-24,26,33H,11-19H2,1H3/t22?,23?,24-,26-,29?/m1/s1. The number of nitrogens with zero attached hydrogens (tertiary/aromatic N) is 3. The number of fused-ring (bicyclic) bond motifs is 2. The molecule has 2 aromatic carbocycles. The van der Waals surface area contributed by atoms with Gasteiger partial charge in [-0.05, 0) is 43.1 Å². The van der Waals surface area contributed by atoms with E-state index in [9.17, 15) is 5.11 Å². The molecule has 1 spiro atoms. The van der Waals surface area contributed by atoms with Crippen LogP contribution in [0, 0.1) is 0 Å². The van der Waals surface area contributed by atoms with Crippen LogP contribution in [-0.2, 0) is 12.0 Å². The molecule has 184 valence electrons. The maximum Gasteiger partial charge on any atom is 0.166 e. The van der Waals surface area contributed by atoms with E-state index in [4.69, 9.17) is 9.47 Å². The Hall–Kier alpha value is -2.54. The molecule has 6 nitrogen and oxygen atoms in total. The van der Waals surface area contributed by atoms with Gasteiger partial charge in [0.05, 0.1) is 18.6 Å². The molecule has 2 aromatic rings. The van der Waals surface area contributed by atoms with Gasteiger partial charge < -0.3 is 19.5 Å². The van der Waals surface area contributed by atoms with Gasteiger partial charge in [-0.3, -0.25) is 9.80 Å². The molecule has 1 aliphatic carbocycles. The second-order valence-corrected chi connectivity index (χ2v) is 11.0. The average Bonchev–Trinajstić information content (AvgIpc) is 3.54. The van der Waals surface area contributed by atoms with Gasteiger partial charge in [0.15, 0.2) is 11.5 Å². The number of likely N-dealkylation sites (tertiary alicyclic amines) is 1. The van der Waals surface area contributed by atoms with Gasteiger partial charge in [0.25, 0.3) is 0 Å². The van der Waals surface area contributed by atoms with Crippen LogP contribution in [0.2, 0.25) is 0 Å². The number of hydrogen-bond acceptors (Lipinski definition) is 6. The first-order chi connectivity index (χ1) is 17.1. The first kappa shape index (κ1) is 21.7. The van der Waals surface area contributed by atoms with Crippen molar-refractivity contribution in [3.05, 3.63) is 65.7 Å². The Bertz CT molecular complexity index is 1140. The van der Waals surface area contributed by atoms with Crippen LogP contribution in [0.25, 0.3) is 0 Å². The molecule has 2 fully saturated rings. The molecule has 5 aliphatic rings. The topological polar surface area (TPSA) is 48.4 Å². The zero-order valence-electron chi connectivity index (χ0n) is 20.5. The summed E-state index contributed by atoms with van der Waals surface area (Å²) in [6, 6.07) is 16.5. The van der Waals surface area contributed by atoms with E-state index in [1.807, 2.05) is 6.08 Å². The Labute approximate surface area is 207 Å². The van der Waals surface area contributed by atoms with Crippen molar-refractivity contribution in [3.63, 3.8) is 0 Å². The molecular weight excluding hydrogens is 438 g/mol. The van der Waals surface area contributed by atoms with Crippen LogP contribution in [0.5, 0.6) is 11.5 Å². The van der Waals surface area contributed by atoms with Gasteiger partial charge in [-0.25, -0.2) is 0 Å². The van der Waals surface area contributed by atoms with Gasteiger partial charge in [0.1, 0.15) is 6.10 Å². The normalized spacial score (nSPS) is 33.4. The highest BCUT2D eigenvalue weighted by atomic mass is 16.5. The molecule has 0 amide bonds. The minimum absolute atomic E-state index is 0.0224. The summed E-state index contributed by atoms with van der Waals surface area (Å²) >= 11 is 0.